The van der Waals surface area contributed by atoms with Crippen LogP contribution in [0.5, 0.6) is 17.2 Å². The summed E-state index contributed by atoms with van der Waals surface area (Å²) in [5.41, 5.74) is 1.60. The highest BCUT2D eigenvalue weighted by Crippen LogP contribution is 2.28. The Morgan fingerprint density at radius 3 is 2.62 bits per heavy atom. The van der Waals surface area contributed by atoms with E-state index in [4.69, 9.17) is 14.2 Å². The van der Waals surface area contributed by atoms with Crippen LogP contribution >= 0.6 is 0 Å². The second kappa shape index (κ2) is 12.1. The number of rotatable bonds is 13. The summed E-state index contributed by atoms with van der Waals surface area (Å²) in [4.78, 5) is 12.5. The topological polar surface area (TPSA) is 77.0 Å². The Bertz CT molecular complexity index is 778. The van der Waals surface area contributed by atoms with Gasteiger partial charge in [-0.1, -0.05) is 19.1 Å². The smallest absolute Gasteiger partial charge is 0.163 e. The highest BCUT2D eigenvalue weighted by Gasteiger charge is 2.11. The van der Waals surface area contributed by atoms with Crippen LogP contribution in [0.15, 0.2) is 42.5 Å². The van der Waals surface area contributed by atoms with Gasteiger partial charge >= 0.3 is 0 Å². The van der Waals surface area contributed by atoms with E-state index in [1.165, 1.54) is 0 Å². The van der Waals surface area contributed by atoms with Crippen LogP contribution in [-0.2, 0) is 6.42 Å². The van der Waals surface area contributed by atoms with Crippen LogP contribution in [0.1, 0.15) is 35.7 Å². The van der Waals surface area contributed by atoms with Gasteiger partial charge in [0.25, 0.3) is 0 Å². The average Bonchev–Trinajstić information content (AvgIpc) is 2.76. The number of hydrogen-bond acceptors (Lipinski definition) is 6. The number of carbonyl (C=O) groups is 1. The lowest BCUT2D eigenvalue weighted by atomic mass is 10.0. The molecule has 0 aromatic heterocycles. The third-order valence-electron chi connectivity index (χ3n) is 4.49. The van der Waals surface area contributed by atoms with Gasteiger partial charge < -0.3 is 24.6 Å². The van der Waals surface area contributed by atoms with Gasteiger partial charge in [-0.05, 0) is 55.3 Å². The number of nitrogens with one attached hydrogen (secondary N) is 1. The number of aliphatic hydroxyl groups is 1. The van der Waals surface area contributed by atoms with Gasteiger partial charge in [-0.2, -0.15) is 0 Å². The molecule has 0 saturated carbocycles. The van der Waals surface area contributed by atoms with Crippen LogP contribution in [0.2, 0.25) is 0 Å². The first-order chi connectivity index (χ1) is 14.1. The summed E-state index contributed by atoms with van der Waals surface area (Å²) in [6, 6.07) is 12.8. The fourth-order valence-corrected chi connectivity index (χ4v) is 2.90. The number of ether oxygens (including phenoxy) is 3. The molecule has 6 nitrogen and oxygen atoms in total. The van der Waals surface area contributed by atoms with Gasteiger partial charge in [-0.25, -0.2) is 0 Å². The summed E-state index contributed by atoms with van der Waals surface area (Å²) in [5, 5.41) is 13.1. The minimum absolute atomic E-state index is 0.0368. The van der Waals surface area contributed by atoms with Crippen LogP contribution < -0.4 is 19.5 Å². The van der Waals surface area contributed by atoms with E-state index in [2.05, 4.69) is 12.2 Å². The number of aryl methyl sites for hydroxylation is 1. The normalized spacial score (nSPS) is 11.7. The summed E-state index contributed by atoms with van der Waals surface area (Å²) in [6.45, 7) is 3.69. The van der Waals surface area contributed by atoms with Gasteiger partial charge in [-0.15, -0.1) is 0 Å². The molecule has 0 aliphatic heterocycles. The maximum absolute atomic E-state index is 12.5. The number of benzene rings is 2. The van der Waals surface area contributed by atoms with Gasteiger partial charge in [0, 0.05) is 18.5 Å². The molecule has 0 aliphatic rings. The number of aliphatic hydroxyl groups excluding tert-OH is 1. The lowest BCUT2D eigenvalue weighted by Crippen LogP contribution is -2.31. The molecule has 0 aliphatic carbocycles. The summed E-state index contributed by atoms with van der Waals surface area (Å²) in [7, 11) is 3.11. The molecule has 0 bridgehead atoms. The summed E-state index contributed by atoms with van der Waals surface area (Å²) in [6.07, 6.45) is 1.45. The van der Waals surface area contributed by atoms with E-state index in [0.717, 1.165) is 18.5 Å². The van der Waals surface area contributed by atoms with Crippen molar-refractivity contribution in [3.63, 3.8) is 0 Å². The Labute approximate surface area is 172 Å². The third kappa shape index (κ3) is 7.40. The van der Waals surface area contributed by atoms with Crippen LogP contribution in [0.25, 0.3) is 0 Å². The van der Waals surface area contributed by atoms with E-state index in [-0.39, 0.29) is 12.4 Å². The highest BCUT2D eigenvalue weighted by atomic mass is 16.5. The minimum atomic E-state index is -0.558. The molecule has 1 unspecified atom stereocenters. The summed E-state index contributed by atoms with van der Waals surface area (Å²) in [5.74, 6) is 1.87. The molecule has 2 rings (SSSR count). The molecule has 1 atom stereocenters. The zero-order valence-electron chi connectivity index (χ0n) is 17.4. The molecule has 0 heterocycles. The van der Waals surface area contributed by atoms with Crippen molar-refractivity contribution in [1.29, 1.82) is 0 Å². The standard InChI is InChI=1S/C23H31NO5/c1-4-12-24-15-19(25)16-29-20-7-5-6-17(13-20)8-10-21(26)18-9-11-22(27-2)23(14-18)28-3/h5-7,9,11,13-14,19,24-25H,4,8,10,12,15-16H2,1-3H3. The van der Waals surface area contributed by atoms with Crippen molar-refractivity contribution < 1.29 is 24.1 Å². The average molecular weight is 402 g/mol. The number of Topliss-reactive ketones (excluding diaryl/α,β-unsaturated/α-hetero) is 1. The minimum Gasteiger partial charge on any atom is -0.493 e. The van der Waals surface area contributed by atoms with E-state index in [0.29, 0.717) is 42.2 Å². The molecular weight excluding hydrogens is 370 g/mol. The first-order valence-corrected chi connectivity index (χ1v) is 9.93. The maximum Gasteiger partial charge on any atom is 0.163 e. The van der Waals surface area contributed by atoms with Crippen LogP contribution in [-0.4, -0.2) is 50.9 Å². The first kappa shape index (κ1) is 22.7. The van der Waals surface area contributed by atoms with Gasteiger partial charge in [-0.3, -0.25) is 4.79 Å². The van der Waals surface area contributed by atoms with Crippen LogP contribution in [0, 0.1) is 0 Å². The maximum atomic E-state index is 12.5. The summed E-state index contributed by atoms with van der Waals surface area (Å²) < 4.78 is 16.2. The lowest BCUT2D eigenvalue weighted by Gasteiger charge is -2.13. The Morgan fingerprint density at radius 2 is 1.90 bits per heavy atom. The van der Waals surface area contributed by atoms with Crippen molar-refractivity contribution in [3.05, 3.63) is 53.6 Å². The molecule has 2 N–H and O–H groups in total. The van der Waals surface area contributed by atoms with Gasteiger partial charge in [0.1, 0.15) is 18.5 Å². The molecule has 2 aromatic rings. The fraction of sp³-hybridized carbons (Fsp3) is 0.435. The predicted molar refractivity (Wildman–Crippen MR) is 113 cm³/mol. The largest absolute Gasteiger partial charge is 0.493 e. The number of methoxy groups -OCH3 is 2. The van der Waals surface area contributed by atoms with E-state index < -0.39 is 6.10 Å². The SMILES string of the molecule is CCCNCC(O)COc1cccc(CCC(=O)c2ccc(OC)c(OC)c2)c1. The van der Waals surface area contributed by atoms with E-state index in [1.807, 2.05) is 24.3 Å². The van der Waals surface area contributed by atoms with Crippen molar-refractivity contribution in [3.8, 4) is 17.2 Å². The molecular formula is C23H31NO5. The van der Waals surface area contributed by atoms with E-state index >= 15 is 0 Å². The Kier molecular flexibility index (Phi) is 9.47. The number of ketones is 1. The zero-order chi connectivity index (χ0) is 21.1. The monoisotopic (exact) mass is 401 g/mol. The molecule has 0 saturated heterocycles. The number of hydrogen-bond donors (Lipinski definition) is 2. The van der Waals surface area contributed by atoms with E-state index in [1.54, 1.807) is 32.4 Å². The van der Waals surface area contributed by atoms with Gasteiger partial charge in [0.2, 0.25) is 0 Å². The zero-order valence-corrected chi connectivity index (χ0v) is 17.4. The Balaban J connectivity index is 1.87. The van der Waals surface area contributed by atoms with Crippen LogP contribution in [0.4, 0.5) is 0 Å². The molecule has 158 valence electrons. The second-order valence-electron chi connectivity index (χ2n) is 6.81. The molecule has 0 fully saturated rings. The number of carbonyl (C=O) groups excluding carboxylic acids is 1. The second-order valence-corrected chi connectivity index (χ2v) is 6.81. The van der Waals surface area contributed by atoms with Crippen molar-refractivity contribution >= 4 is 5.78 Å². The summed E-state index contributed by atoms with van der Waals surface area (Å²) >= 11 is 0. The van der Waals surface area contributed by atoms with Gasteiger partial charge in [0.15, 0.2) is 17.3 Å². The quantitative estimate of drug-likeness (QED) is 0.396. The third-order valence-corrected chi connectivity index (χ3v) is 4.49. The predicted octanol–water partition coefficient (Wildman–Crippen LogP) is 3.26. The molecule has 29 heavy (non-hydrogen) atoms. The molecule has 0 radical (unpaired) electrons. The first-order valence-electron chi connectivity index (χ1n) is 9.93. The van der Waals surface area contributed by atoms with Crippen molar-refractivity contribution in [2.75, 3.05) is 33.9 Å². The van der Waals surface area contributed by atoms with Gasteiger partial charge in [0.05, 0.1) is 14.2 Å². The highest BCUT2D eigenvalue weighted by molar-refractivity contribution is 5.96. The molecule has 2 aromatic carbocycles. The lowest BCUT2D eigenvalue weighted by molar-refractivity contribution is 0.0982. The van der Waals surface area contributed by atoms with Crippen molar-refractivity contribution in [1.82, 2.24) is 5.32 Å². The molecule has 0 amide bonds. The van der Waals surface area contributed by atoms with Crippen LogP contribution in [0.3, 0.4) is 0 Å². The Morgan fingerprint density at radius 1 is 1.10 bits per heavy atom. The Hall–Kier alpha value is -2.57. The fourth-order valence-electron chi connectivity index (χ4n) is 2.90. The van der Waals surface area contributed by atoms with E-state index in [9.17, 15) is 9.90 Å². The van der Waals surface area contributed by atoms with Crippen molar-refractivity contribution in [2.45, 2.75) is 32.3 Å². The van der Waals surface area contributed by atoms with Crippen molar-refractivity contribution in [2.24, 2.45) is 0 Å². The molecule has 6 heteroatoms. The molecule has 0 spiro atoms.